The van der Waals surface area contributed by atoms with Crippen LogP contribution in [0.25, 0.3) is 0 Å². The average molecular weight is 483 g/mol. The molecule has 33 heavy (non-hydrogen) atoms. The molecule has 0 fully saturated rings. The molecule has 3 aromatic carbocycles. The number of amides is 3. The molecule has 0 spiro atoms. The predicted octanol–water partition coefficient (Wildman–Crippen LogP) is 4.98. The Morgan fingerprint density at radius 2 is 1.52 bits per heavy atom. The van der Waals surface area contributed by atoms with Crippen LogP contribution in [0.4, 0.5) is 11.4 Å². The zero-order valence-electron chi connectivity index (χ0n) is 17.2. The minimum atomic E-state index is -1.11. The first-order valence-electron chi connectivity index (χ1n) is 9.81. The van der Waals surface area contributed by atoms with Gasteiger partial charge in [0.25, 0.3) is 17.7 Å². The average Bonchev–Trinajstić information content (AvgIpc) is 3.06. The molecule has 1 aliphatic rings. The van der Waals surface area contributed by atoms with Gasteiger partial charge in [-0.15, -0.1) is 0 Å². The number of carbonyl (C=O) groups is 4. The second kappa shape index (κ2) is 9.05. The Bertz CT molecular complexity index is 1260. The van der Waals surface area contributed by atoms with Crippen LogP contribution in [0.1, 0.15) is 38.0 Å². The Labute approximate surface area is 198 Å². The number of imide groups is 1. The molecule has 1 heterocycles. The van der Waals surface area contributed by atoms with Gasteiger partial charge in [0, 0.05) is 5.02 Å². The van der Waals surface area contributed by atoms with E-state index in [0.29, 0.717) is 27.5 Å². The van der Waals surface area contributed by atoms with Gasteiger partial charge in [-0.05, 0) is 61.5 Å². The summed E-state index contributed by atoms with van der Waals surface area (Å²) < 4.78 is 5.22. The maximum atomic E-state index is 12.6. The number of hydrogen-bond donors (Lipinski definition) is 1. The van der Waals surface area contributed by atoms with Gasteiger partial charge in [0.15, 0.2) is 6.10 Å². The monoisotopic (exact) mass is 482 g/mol. The van der Waals surface area contributed by atoms with Crippen LogP contribution in [0.15, 0.2) is 66.7 Å². The van der Waals surface area contributed by atoms with E-state index in [1.807, 2.05) is 0 Å². The summed E-state index contributed by atoms with van der Waals surface area (Å²) in [7, 11) is 0. The summed E-state index contributed by atoms with van der Waals surface area (Å²) in [6, 6.07) is 16.9. The van der Waals surface area contributed by atoms with E-state index in [1.165, 1.54) is 43.3 Å². The molecule has 0 bridgehead atoms. The van der Waals surface area contributed by atoms with E-state index in [9.17, 15) is 19.2 Å². The Morgan fingerprint density at radius 3 is 2.09 bits per heavy atom. The van der Waals surface area contributed by atoms with E-state index in [1.54, 1.807) is 30.3 Å². The summed E-state index contributed by atoms with van der Waals surface area (Å²) in [5.41, 5.74) is 1.46. The SMILES string of the molecule is C[C@H](OC(=O)c1ccc(N2C(=O)c3ccccc3C2=O)cc1)C(=O)Nc1ccc(Cl)cc1Cl. The number of rotatable bonds is 5. The number of benzene rings is 3. The Hall–Kier alpha value is -3.68. The van der Waals surface area contributed by atoms with Gasteiger partial charge in [-0.1, -0.05) is 35.3 Å². The number of halogens is 2. The lowest BCUT2D eigenvalue weighted by Crippen LogP contribution is -2.30. The van der Waals surface area contributed by atoms with Gasteiger partial charge in [0.05, 0.1) is 33.1 Å². The number of ether oxygens (including phenoxy) is 1. The van der Waals surface area contributed by atoms with E-state index < -0.39 is 29.8 Å². The van der Waals surface area contributed by atoms with E-state index >= 15 is 0 Å². The van der Waals surface area contributed by atoms with Gasteiger partial charge in [-0.3, -0.25) is 14.4 Å². The molecule has 166 valence electrons. The lowest BCUT2D eigenvalue weighted by Gasteiger charge is -2.16. The van der Waals surface area contributed by atoms with Crippen LogP contribution in [0.5, 0.6) is 0 Å². The lowest BCUT2D eigenvalue weighted by molar-refractivity contribution is -0.123. The van der Waals surface area contributed by atoms with Crippen molar-refractivity contribution in [3.63, 3.8) is 0 Å². The van der Waals surface area contributed by atoms with Crippen LogP contribution in [-0.2, 0) is 9.53 Å². The molecule has 1 atom stereocenters. The molecule has 4 rings (SSSR count). The van der Waals surface area contributed by atoms with Crippen LogP contribution >= 0.6 is 23.2 Å². The van der Waals surface area contributed by atoms with Crippen LogP contribution in [0.2, 0.25) is 10.0 Å². The standard InChI is InChI=1S/C24H16Cl2N2O5/c1-13(21(29)27-20-11-8-15(25)12-19(20)26)33-24(32)14-6-9-16(10-7-14)28-22(30)17-4-2-3-5-18(17)23(28)31/h2-13H,1H3,(H,27,29)/t13-/m0/s1. The summed E-state index contributed by atoms with van der Waals surface area (Å²) in [5.74, 6) is -2.18. The fourth-order valence-electron chi connectivity index (χ4n) is 3.28. The van der Waals surface area contributed by atoms with Crippen LogP contribution in [0.3, 0.4) is 0 Å². The van der Waals surface area contributed by atoms with Crippen molar-refractivity contribution >= 4 is 58.3 Å². The highest BCUT2D eigenvalue weighted by molar-refractivity contribution is 6.37. The van der Waals surface area contributed by atoms with Gasteiger partial charge < -0.3 is 10.1 Å². The van der Waals surface area contributed by atoms with Gasteiger partial charge in [-0.2, -0.15) is 0 Å². The summed E-state index contributed by atoms with van der Waals surface area (Å²) in [4.78, 5) is 51.1. The second-order valence-electron chi connectivity index (χ2n) is 7.20. The Balaban J connectivity index is 1.42. The molecule has 7 nitrogen and oxygen atoms in total. The minimum absolute atomic E-state index is 0.152. The van der Waals surface area contributed by atoms with Crippen molar-refractivity contribution in [2.24, 2.45) is 0 Å². The van der Waals surface area contributed by atoms with Crippen molar-refractivity contribution in [1.29, 1.82) is 0 Å². The van der Waals surface area contributed by atoms with E-state index in [0.717, 1.165) is 4.90 Å². The number of anilines is 2. The smallest absolute Gasteiger partial charge is 0.338 e. The summed E-state index contributed by atoms with van der Waals surface area (Å²) >= 11 is 11.9. The maximum Gasteiger partial charge on any atom is 0.338 e. The fraction of sp³-hybridized carbons (Fsp3) is 0.0833. The molecule has 3 aromatic rings. The zero-order valence-corrected chi connectivity index (χ0v) is 18.7. The topological polar surface area (TPSA) is 92.8 Å². The van der Waals surface area contributed by atoms with Gasteiger partial charge in [-0.25, -0.2) is 9.69 Å². The fourth-order valence-corrected chi connectivity index (χ4v) is 3.73. The van der Waals surface area contributed by atoms with Crippen molar-refractivity contribution in [3.8, 4) is 0 Å². The second-order valence-corrected chi connectivity index (χ2v) is 8.04. The largest absolute Gasteiger partial charge is 0.449 e. The molecule has 1 aliphatic heterocycles. The van der Waals surface area contributed by atoms with Gasteiger partial charge >= 0.3 is 5.97 Å². The highest BCUT2D eigenvalue weighted by Gasteiger charge is 2.36. The number of carbonyl (C=O) groups excluding carboxylic acids is 4. The van der Waals surface area contributed by atoms with Crippen molar-refractivity contribution in [3.05, 3.63) is 93.5 Å². The molecule has 0 saturated carbocycles. The molecule has 1 N–H and O–H groups in total. The molecular formula is C24H16Cl2N2O5. The van der Waals surface area contributed by atoms with E-state index in [2.05, 4.69) is 5.32 Å². The highest BCUT2D eigenvalue weighted by atomic mass is 35.5. The first-order valence-corrected chi connectivity index (χ1v) is 10.6. The van der Waals surface area contributed by atoms with E-state index in [-0.39, 0.29) is 10.6 Å². The molecule has 0 aliphatic carbocycles. The van der Waals surface area contributed by atoms with Crippen molar-refractivity contribution in [2.45, 2.75) is 13.0 Å². The molecule has 0 aromatic heterocycles. The van der Waals surface area contributed by atoms with Crippen LogP contribution < -0.4 is 10.2 Å². The van der Waals surface area contributed by atoms with Gasteiger partial charge in [0.2, 0.25) is 0 Å². The molecule has 3 amide bonds. The third-order valence-corrected chi connectivity index (χ3v) is 5.55. The van der Waals surface area contributed by atoms with Crippen LogP contribution in [-0.4, -0.2) is 29.8 Å². The highest BCUT2D eigenvalue weighted by Crippen LogP contribution is 2.29. The van der Waals surface area contributed by atoms with Crippen molar-refractivity contribution in [1.82, 2.24) is 0 Å². The quantitative estimate of drug-likeness (QED) is 0.408. The Kier molecular flexibility index (Phi) is 6.18. The molecule has 0 radical (unpaired) electrons. The molecular weight excluding hydrogens is 467 g/mol. The third-order valence-electron chi connectivity index (χ3n) is 5.00. The maximum absolute atomic E-state index is 12.6. The minimum Gasteiger partial charge on any atom is -0.449 e. The predicted molar refractivity (Wildman–Crippen MR) is 124 cm³/mol. The lowest BCUT2D eigenvalue weighted by atomic mass is 10.1. The van der Waals surface area contributed by atoms with Crippen molar-refractivity contribution in [2.75, 3.05) is 10.2 Å². The summed E-state index contributed by atoms with van der Waals surface area (Å²) in [6.07, 6.45) is -1.11. The Morgan fingerprint density at radius 1 is 0.909 bits per heavy atom. The number of fused-ring (bicyclic) bond motifs is 1. The number of nitrogens with zero attached hydrogens (tertiary/aromatic N) is 1. The van der Waals surface area contributed by atoms with E-state index in [4.69, 9.17) is 27.9 Å². The summed E-state index contributed by atoms with van der Waals surface area (Å²) in [5, 5.41) is 3.24. The first-order chi connectivity index (χ1) is 15.8. The normalized spacial score (nSPS) is 13.5. The number of esters is 1. The van der Waals surface area contributed by atoms with Gasteiger partial charge in [0.1, 0.15) is 0 Å². The number of hydrogen-bond acceptors (Lipinski definition) is 5. The van der Waals surface area contributed by atoms with Crippen molar-refractivity contribution < 1.29 is 23.9 Å². The molecule has 0 saturated heterocycles. The molecule has 0 unspecified atom stereocenters. The summed E-state index contributed by atoms with van der Waals surface area (Å²) in [6.45, 7) is 1.42. The molecule has 9 heteroatoms. The first kappa shape index (κ1) is 22.5. The third kappa shape index (κ3) is 4.46. The zero-order chi connectivity index (χ0) is 23.7. The van der Waals surface area contributed by atoms with Crippen LogP contribution in [0, 0.1) is 0 Å². The number of nitrogens with one attached hydrogen (secondary N) is 1.